The fourth-order valence-electron chi connectivity index (χ4n) is 1.43. The lowest BCUT2D eigenvalue weighted by molar-refractivity contribution is 0.526. The Morgan fingerprint density at radius 2 is 2.18 bits per heavy atom. The van der Waals surface area contributed by atoms with Gasteiger partial charge in [0.15, 0.2) is 0 Å². The molecule has 66 valence electrons. The highest BCUT2D eigenvalue weighted by molar-refractivity contribution is 5.08. The zero-order chi connectivity index (χ0) is 8.91. The van der Waals surface area contributed by atoms with Crippen LogP contribution in [0.2, 0.25) is 0 Å². The van der Waals surface area contributed by atoms with Crippen molar-refractivity contribution >= 4 is 0 Å². The van der Waals surface area contributed by atoms with Gasteiger partial charge in [-0.1, -0.05) is 20.8 Å². The van der Waals surface area contributed by atoms with Crippen molar-refractivity contribution in [3.63, 3.8) is 0 Å². The first-order valence-electron chi connectivity index (χ1n) is 4.36. The molecular formula is C9H20N2. The molecule has 0 amide bonds. The molecule has 2 heteroatoms. The number of nitrogens with zero attached hydrogens (tertiary/aromatic N) is 1. The lowest BCUT2D eigenvalue weighted by atomic mass is 10.0. The Morgan fingerprint density at radius 1 is 1.64 bits per heavy atom. The average Bonchev–Trinajstić information content (AvgIpc) is 2.37. The Labute approximate surface area is 70.9 Å². The summed E-state index contributed by atoms with van der Waals surface area (Å²) in [7, 11) is 0. The van der Waals surface area contributed by atoms with Gasteiger partial charge in [-0.05, 0) is 25.2 Å². The minimum absolute atomic E-state index is 0. The summed E-state index contributed by atoms with van der Waals surface area (Å²) in [5.74, 6) is 0.648. The molecule has 11 heavy (non-hydrogen) atoms. The van der Waals surface area contributed by atoms with E-state index in [1.165, 1.54) is 0 Å². The zero-order valence-corrected chi connectivity index (χ0v) is 7.72. The molecule has 0 saturated heterocycles. The highest BCUT2D eigenvalue weighted by Gasteiger charge is 2.33. The van der Waals surface area contributed by atoms with E-state index in [9.17, 15) is 0 Å². The fraction of sp³-hybridized carbons (Fsp3) is 0.889. The molecule has 0 radical (unpaired) electrons. The summed E-state index contributed by atoms with van der Waals surface area (Å²) >= 11 is 0. The molecule has 0 heterocycles. The van der Waals surface area contributed by atoms with Crippen LogP contribution in [-0.4, -0.2) is 5.54 Å². The van der Waals surface area contributed by atoms with Crippen LogP contribution in [0.5, 0.6) is 0 Å². The van der Waals surface area contributed by atoms with Gasteiger partial charge in [0.1, 0.15) is 5.54 Å². The molecule has 0 spiro atoms. The van der Waals surface area contributed by atoms with E-state index in [1.807, 2.05) is 13.8 Å². The Hall–Kier alpha value is -0.550. The lowest BCUT2D eigenvalue weighted by Crippen LogP contribution is -2.34. The standard InChI is InChI=1S/C7H12N2.C2H6.H2/c1-6-2-3-7(9,4-6)5-8;1-2;/h6H,2-4,9H2,1H3;1-2H3;1H. The molecule has 0 aromatic heterocycles. The summed E-state index contributed by atoms with van der Waals surface area (Å²) in [5, 5.41) is 8.57. The monoisotopic (exact) mass is 156 g/mol. The van der Waals surface area contributed by atoms with Gasteiger partial charge in [-0.2, -0.15) is 5.26 Å². The molecular weight excluding hydrogens is 136 g/mol. The third-order valence-corrected chi connectivity index (χ3v) is 2.02. The summed E-state index contributed by atoms with van der Waals surface area (Å²) in [6.45, 7) is 6.14. The minimum Gasteiger partial charge on any atom is -0.313 e. The number of rotatable bonds is 0. The van der Waals surface area contributed by atoms with Crippen LogP contribution >= 0.6 is 0 Å². The summed E-state index contributed by atoms with van der Waals surface area (Å²) in [5.41, 5.74) is 5.20. The maximum absolute atomic E-state index is 8.57. The Kier molecular flexibility index (Phi) is 4.14. The summed E-state index contributed by atoms with van der Waals surface area (Å²) in [6, 6.07) is 2.15. The normalized spacial score (nSPS) is 35.4. The van der Waals surface area contributed by atoms with Crippen LogP contribution in [0.15, 0.2) is 0 Å². The van der Waals surface area contributed by atoms with E-state index in [0.717, 1.165) is 19.3 Å². The molecule has 2 atom stereocenters. The molecule has 1 fully saturated rings. The van der Waals surface area contributed by atoms with Gasteiger partial charge in [-0.15, -0.1) is 0 Å². The van der Waals surface area contributed by atoms with Crippen molar-refractivity contribution in [3.05, 3.63) is 0 Å². The summed E-state index contributed by atoms with van der Waals surface area (Å²) in [4.78, 5) is 0. The third-order valence-electron chi connectivity index (χ3n) is 2.02. The topological polar surface area (TPSA) is 49.8 Å². The summed E-state index contributed by atoms with van der Waals surface area (Å²) < 4.78 is 0. The molecule has 2 nitrogen and oxygen atoms in total. The van der Waals surface area contributed by atoms with Crippen LogP contribution in [0.3, 0.4) is 0 Å². The maximum atomic E-state index is 8.57. The van der Waals surface area contributed by atoms with Crippen LogP contribution in [-0.2, 0) is 0 Å². The van der Waals surface area contributed by atoms with E-state index >= 15 is 0 Å². The predicted molar refractivity (Wildman–Crippen MR) is 49.0 cm³/mol. The molecule has 1 aliphatic carbocycles. The molecule has 2 N–H and O–H groups in total. The van der Waals surface area contributed by atoms with E-state index in [1.54, 1.807) is 0 Å². The molecule has 0 bridgehead atoms. The lowest BCUT2D eigenvalue weighted by Gasteiger charge is -2.11. The SMILES string of the molecule is CC.CC1CCC(N)(C#N)C1.[HH]. The van der Waals surface area contributed by atoms with Crippen LogP contribution < -0.4 is 5.73 Å². The smallest absolute Gasteiger partial charge is 0.104 e. The third kappa shape index (κ3) is 2.90. The Bertz CT molecular complexity index is 153. The van der Waals surface area contributed by atoms with Gasteiger partial charge < -0.3 is 5.73 Å². The summed E-state index contributed by atoms with van der Waals surface area (Å²) in [6.07, 6.45) is 2.87. The van der Waals surface area contributed by atoms with Crippen molar-refractivity contribution in [2.75, 3.05) is 0 Å². The molecule has 0 aromatic carbocycles. The van der Waals surface area contributed by atoms with E-state index in [2.05, 4.69) is 13.0 Å². The van der Waals surface area contributed by atoms with E-state index in [-0.39, 0.29) is 1.43 Å². The molecule has 1 aliphatic rings. The second kappa shape index (κ2) is 4.35. The highest BCUT2D eigenvalue weighted by Crippen LogP contribution is 2.31. The average molecular weight is 156 g/mol. The van der Waals surface area contributed by atoms with E-state index in [0.29, 0.717) is 5.92 Å². The van der Waals surface area contributed by atoms with Crippen LogP contribution in [0.25, 0.3) is 0 Å². The van der Waals surface area contributed by atoms with E-state index in [4.69, 9.17) is 11.0 Å². The van der Waals surface area contributed by atoms with Crippen molar-refractivity contribution in [1.82, 2.24) is 0 Å². The molecule has 0 aromatic rings. The second-order valence-electron chi connectivity index (χ2n) is 3.12. The quantitative estimate of drug-likeness (QED) is 0.585. The predicted octanol–water partition coefficient (Wildman–Crippen LogP) is 2.30. The molecule has 2 unspecified atom stereocenters. The fourth-order valence-corrected chi connectivity index (χ4v) is 1.43. The van der Waals surface area contributed by atoms with Gasteiger partial charge >= 0.3 is 0 Å². The second-order valence-corrected chi connectivity index (χ2v) is 3.12. The minimum atomic E-state index is -0.487. The number of nitrogens with two attached hydrogens (primary N) is 1. The van der Waals surface area contributed by atoms with Gasteiger partial charge in [0.2, 0.25) is 0 Å². The van der Waals surface area contributed by atoms with E-state index < -0.39 is 5.54 Å². The first kappa shape index (κ1) is 10.4. The van der Waals surface area contributed by atoms with Gasteiger partial charge in [0, 0.05) is 1.43 Å². The first-order valence-corrected chi connectivity index (χ1v) is 4.36. The van der Waals surface area contributed by atoms with Gasteiger partial charge in [-0.25, -0.2) is 0 Å². The van der Waals surface area contributed by atoms with Crippen molar-refractivity contribution in [2.24, 2.45) is 11.7 Å². The Morgan fingerprint density at radius 3 is 2.36 bits per heavy atom. The largest absolute Gasteiger partial charge is 0.313 e. The number of nitriles is 1. The zero-order valence-electron chi connectivity index (χ0n) is 7.72. The van der Waals surface area contributed by atoms with Crippen LogP contribution in [0, 0.1) is 17.2 Å². The maximum Gasteiger partial charge on any atom is 0.104 e. The van der Waals surface area contributed by atoms with Gasteiger partial charge in [0.25, 0.3) is 0 Å². The van der Waals surface area contributed by atoms with Crippen molar-refractivity contribution in [3.8, 4) is 6.07 Å². The van der Waals surface area contributed by atoms with Crippen molar-refractivity contribution in [1.29, 1.82) is 5.26 Å². The van der Waals surface area contributed by atoms with Crippen LogP contribution in [0.4, 0.5) is 0 Å². The van der Waals surface area contributed by atoms with Crippen LogP contribution in [0.1, 0.15) is 41.5 Å². The molecule has 0 aliphatic heterocycles. The van der Waals surface area contributed by atoms with Gasteiger partial charge in [0.05, 0.1) is 6.07 Å². The number of hydrogen-bond donors (Lipinski definition) is 1. The van der Waals surface area contributed by atoms with Crippen molar-refractivity contribution in [2.45, 2.75) is 45.6 Å². The van der Waals surface area contributed by atoms with Gasteiger partial charge in [-0.3, -0.25) is 0 Å². The number of hydrogen-bond acceptors (Lipinski definition) is 2. The molecule has 1 rings (SSSR count). The first-order chi connectivity index (χ1) is 5.16. The Balaban J connectivity index is 0. The molecule has 1 saturated carbocycles. The van der Waals surface area contributed by atoms with Crippen molar-refractivity contribution < 1.29 is 1.43 Å². The highest BCUT2D eigenvalue weighted by atomic mass is 14.8.